The molecular weight excluding hydrogens is 314 g/mol. The van der Waals surface area contributed by atoms with Crippen LogP contribution in [-0.2, 0) is 0 Å². The van der Waals surface area contributed by atoms with Crippen molar-refractivity contribution in [3.8, 4) is 0 Å². The Morgan fingerprint density at radius 1 is 1.44 bits per heavy atom. The maximum Gasteiger partial charge on any atom is 1.00 e. The summed E-state index contributed by atoms with van der Waals surface area (Å²) in [5.74, 6) is 0. The van der Waals surface area contributed by atoms with Gasteiger partial charge in [0.05, 0.1) is 6.04 Å². The van der Waals surface area contributed by atoms with Crippen LogP contribution in [0.2, 0.25) is 5.15 Å². The first kappa shape index (κ1) is 24.7. The molecule has 6 nitrogen and oxygen atoms in total. The van der Waals surface area contributed by atoms with E-state index in [9.17, 15) is 4.79 Å². The molecule has 1 unspecified atom stereocenters. The Labute approximate surface area is 195 Å². The largest absolute Gasteiger partial charge is 1.00 e. The smallest absolute Gasteiger partial charge is 0.652 e. The van der Waals surface area contributed by atoms with Crippen molar-refractivity contribution in [2.75, 3.05) is 0 Å². The Morgan fingerprint density at radius 3 is 2.28 bits per heavy atom. The van der Waals surface area contributed by atoms with Gasteiger partial charge in [-0.15, -0.1) is 0 Å². The quantitative estimate of drug-likeness (QED) is 0.504. The van der Waals surface area contributed by atoms with Crippen LogP contribution in [0.4, 0.5) is 4.79 Å². The van der Waals surface area contributed by atoms with E-state index < -0.39 is 6.16 Å². The molecule has 0 N–H and O–H groups in total. The van der Waals surface area contributed by atoms with E-state index >= 15 is 0 Å². The normalized spacial score (nSPS) is 9.94. The Morgan fingerprint density at radius 2 is 1.89 bits per heavy atom. The van der Waals surface area contributed by atoms with Gasteiger partial charge >= 0.3 is 103 Å². The predicted octanol–water partition coefficient (Wildman–Crippen LogP) is -6.57. The third kappa shape index (κ3) is 11.5. The van der Waals surface area contributed by atoms with Gasteiger partial charge in [0.1, 0.15) is 5.15 Å². The Kier molecular flexibility index (Phi) is 18.8. The number of rotatable bonds is 2. The molecule has 0 radical (unpaired) electrons. The van der Waals surface area contributed by atoms with Crippen molar-refractivity contribution in [2.45, 2.75) is 26.3 Å². The van der Waals surface area contributed by atoms with Crippen molar-refractivity contribution in [3.05, 3.63) is 27.6 Å². The van der Waals surface area contributed by atoms with Crippen LogP contribution in [-0.4, -0.2) is 15.9 Å². The van der Waals surface area contributed by atoms with Crippen LogP contribution in [0.25, 0.3) is 0 Å². The second-order valence-corrected chi connectivity index (χ2v) is 3.33. The second kappa shape index (κ2) is 13.7. The average Bonchev–Trinajstić information content (AvgIpc) is 2.20. The molecule has 1 atom stereocenters. The molecule has 0 saturated heterocycles. The minimum Gasteiger partial charge on any atom is -0.652 e. The summed E-state index contributed by atoms with van der Waals surface area (Å²) in [7, 11) is 0. The van der Waals surface area contributed by atoms with Gasteiger partial charge in [0.25, 0.3) is 5.56 Å². The zero-order valence-electron chi connectivity index (χ0n) is 10.8. The van der Waals surface area contributed by atoms with Crippen molar-refractivity contribution < 1.29 is 118 Å². The van der Waals surface area contributed by atoms with E-state index in [1.807, 2.05) is 13.8 Å². The fourth-order valence-electron chi connectivity index (χ4n) is 0.891. The minimum atomic E-state index is -2.33. The van der Waals surface area contributed by atoms with E-state index in [0.29, 0.717) is 5.15 Å². The molecular formula is C9H11ClK2N2O4. The summed E-state index contributed by atoms with van der Waals surface area (Å²) in [4.78, 5) is 19.5. The van der Waals surface area contributed by atoms with Gasteiger partial charge in [0, 0.05) is 6.07 Å². The van der Waals surface area contributed by atoms with Crippen LogP contribution < -0.4 is 119 Å². The molecule has 9 heteroatoms. The number of hydrogen-bond acceptors (Lipinski definition) is 5. The van der Waals surface area contributed by atoms with Crippen molar-refractivity contribution in [3.63, 3.8) is 0 Å². The summed E-state index contributed by atoms with van der Waals surface area (Å²) in [6.07, 6.45) is -1.47. The summed E-state index contributed by atoms with van der Waals surface area (Å²) >= 11 is 5.65. The number of carbonyl (C=O) groups excluding carboxylic acids is 1. The molecule has 0 aliphatic heterocycles. The molecule has 90 valence electrons. The van der Waals surface area contributed by atoms with Crippen molar-refractivity contribution in [1.82, 2.24) is 9.78 Å². The average molecular weight is 325 g/mol. The summed E-state index contributed by atoms with van der Waals surface area (Å²) in [6.45, 7) is 3.93. The molecule has 18 heavy (non-hydrogen) atoms. The number of carbonyl (C=O) groups is 1. The first-order valence-electron chi connectivity index (χ1n) is 4.51. The molecule has 0 saturated carbocycles. The number of halogens is 1. The zero-order chi connectivity index (χ0) is 12.7. The van der Waals surface area contributed by atoms with E-state index in [4.69, 9.17) is 26.6 Å². The van der Waals surface area contributed by atoms with Crippen LogP contribution in [0, 0.1) is 0 Å². The Balaban J connectivity index is -0.000000332. The van der Waals surface area contributed by atoms with Gasteiger partial charge in [-0.3, -0.25) is 4.79 Å². The van der Waals surface area contributed by atoms with Crippen LogP contribution in [0.3, 0.4) is 0 Å². The fourth-order valence-corrected chi connectivity index (χ4v) is 1.04. The topological polar surface area (TPSA) is 98.1 Å². The first-order chi connectivity index (χ1) is 7.38. The van der Waals surface area contributed by atoms with E-state index in [1.165, 1.54) is 16.8 Å². The molecule has 0 aromatic carbocycles. The van der Waals surface area contributed by atoms with Gasteiger partial charge in [-0.2, -0.15) is 5.10 Å². The van der Waals surface area contributed by atoms with Gasteiger partial charge < -0.3 is 15.0 Å². The van der Waals surface area contributed by atoms with Gasteiger partial charge in [-0.1, -0.05) is 18.5 Å². The molecule has 1 aromatic heterocycles. The van der Waals surface area contributed by atoms with E-state index in [2.05, 4.69) is 5.10 Å². The van der Waals surface area contributed by atoms with Crippen molar-refractivity contribution >= 4 is 17.8 Å². The van der Waals surface area contributed by atoms with Gasteiger partial charge in [0.15, 0.2) is 0 Å². The maximum atomic E-state index is 11.2. The predicted molar refractivity (Wildman–Crippen MR) is 53.9 cm³/mol. The summed E-state index contributed by atoms with van der Waals surface area (Å²) < 4.78 is 1.41. The van der Waals surface area contributed by atoms with Crippen LogP contribution in [0.1, 0.15) is 26.3 Å². The molecule has 0 bridgehead atoms. The number of hydrogen-bond donors (Lipinski definition) is 0. The monoisotopic (exact) mass is 324 g/mol. The maximum absolute atomic E-state index is 11.2. The third-order valence-electron chi connectivity index (χ3n) is 1.80. The van der Waals surface area contributed by atoms with E-state index in [-0.39, 0.29) is 114 Å². The van der Waals surface area contributed by atoms with E-state index in [0.717, 1.165) is 6.42 Å². The van der Waals surface area contributed by atoms with Gasteiger partial charge in [-0.25, -0.2) is 4.68 Å². The molecule has 1 rings (SSSR count). The van der Waals surface area contributed by atoms with Gasteiger partial charge in [0.2, 0.25) is 0 Å². The summed E-state index contributed by atoms with van der Waals surface area (Å²) in [5.41, 5.74) is -0.103. The Bertz CT molecular complexity index is 410. The number of aromatic nitrogens is 2. The zero-order valence-corrected chi connectivity index (χ0v) is 17.8. The van der Waals surface area contributed by atoms with Crippen molar-refractivity contribution in [2.24, 2.45) is 0 Å². The van der Waals surface area contributed by atoms with Gasteiger partial charge in [-0.05, 0) is 25.6 Å². The SMILES string of the molecule is CCC(C)n1nc(Cl)ccc1=O.O=C([O-])[O-].[K+].[K+]. The van der Waals surface area contributed by atoms with Crippen LogP contribution in [0.5, 0.6) is 0 Å². The van der Waals surface area contributed by atoms with Crippen LogP contribution >= 0.6 is 11.6 Å². The summed E-state index contributed by atoms with van der Waals surface area (Å²) in [6, 6.07) is 3.04. The second-order valence-electron chi connectivity index (χ2n) is 2.95. The van der Waals surface area contributed by atoms with Crippen LogP contribution in [0.15, 0.2) is 16.9 Å². The molecule has 0 spiro atoms. The Hall–Kier alpha value is 1.71. The molecule has 0 amide bonds. The molecule has 0 aliphatic rings. The third-order valence-corrected chi connectivity index (χ3v) is 2.00. The summed E-state index contributed by atoms with van der Waals surface area (Å²) in [5, 5.41) is 20.9. The number of carboxylic acid groups (broad SMARTS) is 2. The first-order valence-corrected chi connectivity index (χ1v) is 4.89. The van der Waals surface area contributed by atoms with E-state index in [1.54, 1.807) is 0 Å². The standard InChI is InChI=1S/C8H11ClN2O.CH2O3.2K/c1-3-6(2)11-8(12)5-4-7(9)10-11;2-1(3)4;;/h4-6H,3H2,1-2H3;(H2,2,3,4);;/q;;2*+1/p-2. The fraction of sp³-hybridized carbons (Fsp3) is 0.444. The molecule has 0 fully saturated rings. The molecule has 1 aromatic rings. The molecule has 0 aliphatic carbocycles. The minimum absolute atomic E-state index is 0. The number of nitrogens with zero attached hydrogens (tertiary/aromatic N) is 2. The molecule has 1 heterocycles. The van der Waals surface area contributed by atoms with Crippen molar-refractivity contribution in [1.29, 1.82) is 0 Å².